The van der Waals surface area contributed by atoms with Crippen LogP contribution in [0.2, 0.25) is 0 Å². The van der Waals surface area contributed by atoms with E-state index in [0.29, 0.717) is 5.56 Å². The molecule has 0 aromatic heterocycles. The molecule has 2 aromatic carbocycles. The lowest BCUT2D eigenvalue weighted by Gasteiger charge is -2.13. The summed E-state index contributed by atoms with van der Waals surface area (Å²) in [4.78, 5) is 0. The second-order valence-corrected chi connectivity index (χ2v) is 4.90. The van der Waals surface area contributed by atoms with Gasteiger partial charge in [0.25, 0.3) is 0 Å². The van der Waals surface area contributed by atoms with E-state index >= 15 is 0 Å². The third kappa shape index (κ3) is 2.55. The highest BCUT2D eigenvalue weighted by Gasteiger charge is 2.21. The summed E-state index contributed by atoms with van der Waals surface area (Å²) in [6.45, 7) is 2.49. The van der Waals surface area contributed by atoms with Crippen LogP contribution in [0.25, 0.3) is 0 Å². The van der Waals surface area contributed by atoms with Gasteiger partial charge in [-0.1, -0.05) is 18.2 Å². The number of hydrogen-bond donors (Lipinski definition) is 1. The highest BCUT2D eigenvalue weighted by atomic mass is 19.1. The van der Waals surface area contributed by atoms with E-state index in [2.05, 4.69) is 11.4 Å². The summed E-state index contributed by atoms with van der Waals surface area (Å²) in [5.74, 6) is 0.805. The number of benzene rings is 2. The molecule has 3 heteroatoms. The normalized spacial score (nSPS) is 16.8. The van der Waals surface area contributed by atoms with Crippen LogP contribution < -0.4 is 10.1 Å². The molecule has 0 amide bonds. The molecule has 0 saturated heterocycles. The molecule has 1 unspecified atom stereocenters. The van der Waals surface area contributed by atoms with E-state index in [0.717, 1.165) is 24.4 Å². The predicted octanol–water partition coefficient (Wildman–Crippen LogP) is 3.55. The van der Waals surface area contributed by atoms with Crippen molar-refractivity contribution in [2.75, 3.05) is 11.9 Å². The summed E-state index contributed by atoms with van der Waals surface area (Å²) in [5, 5.41) is 3.30. The SMILES string of the molecule is Cc1cc(NCC2Cc3ccccc3O2)ccc1F. The standard InChI is InChI=1S/C16H16FNO/c1-11-8-13(6-7-15(11)17)18-10-14-9-12-4-2-3-5-16(12)19-14/h2-8,14,18H,9-10H2,1H3. The minimum absolute atomic E-state index is 0.141. The molecular weight excluding hydrogens is 241 g/mol. The Morgan fingerprint density at radius 3 is 2.89 bits per heavy atom. The van der Waals surface area contributed by atoms with Gasteiger partial charge in [-0.05, 0) is 42.3 Å². The number of rotatable bonds is 3. The van der Waals surface area contributed by atoms with Gasteiger partial charge in [0.2, 0.25) is 0 Å². The van der Waals surface area contributed by atoms with Gasteiger partial charge in [0, 0.05) is 12.1 Å². The second-order valence-electron chi connectivity index (χ2n) is 4.90. The van der Waals surface area contributed by atoms with Crippen molar-refractivity contribution in [3.8, 4) is 5.75 Å². The fourth-order valence-corrected chi connectivity index (χ4v) is 2.35. The molecule has 0 aliphatic carbocycles. The first kappa shape index (κ1) is 12.0. The van der Waals surface area contributed by atoms with Crippen molar-refractivity contribution in [1.82, 2.24) is 0 Å². The number of hydrogen-bond acceptors (Lipinski definition) is 2. The van der Waals surface area contributed by atoms with Crippen molar-refractivity contribution < 1.29 is 9.13 Å². The third-order valence-corrected chi connectivity index (χ3v) is 3.41. The van der Waals surface area contributed by atoms with Crippen LogP contribution in [-0.4, -0.2) is 12.6 Å². The average molecular weight is 257 g/mol. The molecule has 0 saturated carbocycles. The summed E-state index contributed by atoms with van der Waals surface area (Å²) in [6.07, 6.45) is 1.06. The molecule has 98 valence electrons. The maximum atomic E-state index is 13.2. The number of ether oxygens (including phenoxy) is 1. The van der Waals surface area contributed by atoms with Crippen LogP contribution in [0.1, 0.15) is 11.1 Å². The van der Waals surface area contributed by atoms with Crippen molar-refractivity contribution >= 4 is 5.69 Å². The quantitative estimate of drug-likeness (QED) is 0.908. The van der Waals surface area contributed by atoms with Gasteiger partial charge in [0.15, 0.2) is 0 Å². The Balaban J connectivity index is 1.61. The fourth-order valence-electron chi connectivity index (χ4n) is 2.35. The van der Waals surface area contributed by atoms with Crippen LogP contribution in [0, 0.1) is 12.7 Å². The van der Waals surface area contributed by atoms with E-state index in [9.17, 15) is 4.39 Å². The van der Waals surface area contributed by atoms with Crippen LogP contribution in [0.4, 0.5) is 10.1 Å². The Labute approximate surface area is 112 Å². The summed E-state index contributed by atoms with van der Waals surface area (Å²) in [5.41, 5.74) is 2.84. The van der Waals surface area contributed by atoms with Gasteiger partial charge in [-0.3, -0.25) is 0 Å². The Kier molecular flexibility index (Phi) is 3.11. The molecule has 19 heavy (non-hydrogen) atoms. The molecular formula is C16H16FNO. The minimum Gasteiger partial charge on any atom is -0.488 e. The molecule has 0 fully saturated rings. The highest BCUT2D eigenvalue weighted by Crippen LogP contribution is 2.28. The van der Waals surface area contributed by atoms with Crippen molar-refractivity contribution in [2.45, 2.75) is 19.4 Å². The zero-order valence-electron chi connectivity index (χ0n) is 10.8. The van der Waals surface area contributed by atoms with Gasteiger partial charge in [0.1, 0.15) is 17.7 Å². The van der Waals surface area contributed by atoms with Crippen LogP contribution in [-0.2, 0) is 6.42 Å². The van der Waals surface area contributed by atoms with E-state index in [1.165, 1.54) is 11.6 Å². The van der Waals surface area contributed by atoms with Gasteiger partial charge in [-0.25, -0.2) is 4.39 Å². The summed E-state index contributed by atoms with van der Waals surface area (Å²) < 4.78 is 19.0. The topological polar surface area (TPSA) is 21.3 Å². The van der Waals surface area contributed by atoms with Crippen molar-refractivity contribution in [2.24, 2.45) is 0 Å². The van der Waals surface area contributed by atoms with E-state index < -0.39 is 0 Å². The van der Waals surface area contributed by atoms with Gasteiger partial charge in [0.05, 0.1) is 6.54 Å². The van der Waals surface area contributed by atoms with Gasteiger partial charge in [-0.2, -0.15) is 0 Å². The molecule has 0 radical (unpaired) electrons. The van der Waals surface area contributed by atoms with Crippen molar-refractivity contribution in [1.29, 1.82) is 0 Å². The third-order valence-electron chi connectivity index (χ3n) is 3.41. The average Bonchev–Trinajstić information content (AvgIpc) is 2.83. The number of fused-ring (bicyclic) bond motifs is 1. The molecule has 3 rings (SSSR count). The van der Waals surface area contributed by atoms with Gasteiger partial charge >= 0.3 is 0 Å². The zero-order chi connectivity index (χ0) is 13.2. The zero-order valence-corrected chi connectivity index (χ0v) is 10.8. The maximum Gasteiger partial charge on any atom is 0.126 e. The first-order chi connectivity index (χ1) is 9.22. The largest absolute Gasteiger partial charge is 0.488 e. The first-order valence-electron chi connectivity index (χ1n) is 6.47. The number of para-hydroxylation sites is 1. The summed E-state index contributed by atoms with van der Waals surface area (Å²) >= 11 is 0. The Morgan fingerprint density at radius 1 is 1.26 bits per heavy atom. The first-order valence-corrected chi connectivity index (χ1v) is 6.47. The van der Waals surface area contributed by atoms with Crippen LogP contribution >= 0.6 is 0 Å². The lowest BCUT2D eigenvalue weighted by Crippen LogP contribution is -2.23. The lowest BCUT2D eigenvalue weighted by molar-refractivity contribution is 0.246. The molecule has 0 spiro atoms. The van der Waals surface area contributed by atoms with Crippen LogP contribution in [0.15, 0.2) is 42.5 Å². The van der Waals surface area contributed by atoms with E-state index in [-0.39, 0.29) is 11.9 Å². The predicted molar refractivity (Wildman–Crippen MR) is 74.2 cm³/mol. The van der Waals surface area contributed by atoms with Gasteiger partial charge in [-0.15, -0.1) is 0 Å². The summed E-state index contributed by atoms with van der Waals surface area (Å²) in [7, 11) is 0. The minimum atomic E-state index is -0.171. The van der Waals surface area contributed by atoms with Gasteiger partial charge < -0.3 is 10.1 Å². The Hall–Kier alpha value is -2.03. The van der Waals surface area contributed by atoms with Crippen LogP contribution in [0.5, 0.6) is 5.75 Å². The second kappa shape index (κ2) is 4.92. The Morgan fingerprint density at radius 2 is 2.11 bits per heavy atom. The number of aryl methyl sites for hydroxylation is 1. The fraction of sp³-hybridized carbons (Fsp3) is 0.250. The molecule has 2 aromatic rings. The van der Waals surface area contributed by atoms with E-state index in [1.807, 2.05) is 24.3 Å². The van der Waals surface area contributed by atoms with E-state index in [1.54, 1.807) is 13.0 Å². The monoisotopic (exact) mass is 257 g/mol. The smallest absolute Gasteiger partial charge is 0.126 e. The molecule has 0 bridgehead atoms. The molecule has 1 N–H and O–H groups in total. The molecule has 1 atom stereocenters. The van der Waals surface area contributed by atoms with Crippen molar-refractivity contribution in [3.63, 3.8) is 0 Å². The number of anilines is 1. The maximum absolute atomic E-state index is 13.2. The van der Waals surface area contributed by atoms with Crippen molar-refractivity contribution in [3.05, 3.63) is 59.4 Å². The highest BCUT2D eigenvalue weighted by molar-refractivity contribution is 5.46. The molecule has 2 nitrogen and oxygen atoms in total. The van der Waals surface area contributed by atoms with Crippen LogP contribution in [0.3, 0.4) is 0 Å². The number of halogens is 1. The Bertz CT molecular complexity index is 572. The number of nitrogens with one attached hydrogen (secondary N) is 1. The lowest BCUT2D eigenvalue weighted by atomic mass is 10.1. The van der Waals surface area contributed by atoms with E-state index in [4.69, 9.17) is 4.74 Å². The molecule has 1 aliphatic heterocycles. The molecule has 1 heterocycles. The molecule has 1 aliphatic rings. The summed E-state index contributed by atoms with van der Waals surface area (Å²) in [6, 6.07) is 13.2.